The number of hydrogen-bond acceptors (Lipinski definition) is 8. The predicted octanol–water partition coefficient (Wildman–Crippen LogP) is 3.16. The third kappa shape index (κ3) is 18.2. The maximum Gasteiger partial charge on any atom is 0.408 e. The van der Waals surface area contributed by atoms with Gasteiger partial charge >= 0.3 is 18.2 Å². The van der Waals surface area contributed by atoms with Crippen LogP contribution >= 0.6 is 0 Å². The van der Waals surface area contributed by atoms with Crippen molar-refractivity contribution in [3.63, 3.8) is 0 Å². The molecule has 0 spiro atoms. The van der Waals surface area contributed by atoms with E-state index in [2.05, 4.69) is 16.0 Å². The van der Waals surface area contributed by atoms with E-state index in [1.54, 1.807) is 69.2 Å². The number of alkyl carbamates (subject to hydrolysis) is 2. The zero-order chi connectivity index (χ0) is 28.3. The molecule has 2 atom stereocenters. The van der Waals surface area contributed by atoms with Crippen molar-refractivity contribution in [3.05, 3.63) is 12.2 Å². The third-order valence-corrected chi connectivity index (χ3v) is 3.81. The van der Waals surface area contributed by atoms with Crippen molar-refractivity contribution in [1.29, 1.82) is 0 Å². The van der Waals surface area contributed by atoms with Gasteiger partial charge in [-0.15, -0.1) is 0 Å². The van der Waals surface area contributed by atoms with Crippen LogP contribution < -0.4 is 16.0 Å². The van der Waals surface area contributed by atoms with E-state index in [0.717, 1.165) is 0 Å². The van der Waals surface area contributed by atoms with Gasteiger partial charge in [-0.05, 0) is 69.2 Å². The highest BCUT2D eigenvalue weighted by atomic mass is 16.6. The average molecular weight is 514 g/mol. The van der Waals surface area contributed by atoms with E-state index in [1.165, 1.54) is 12.2 Å². The molecule has 0 rings (SSSR count). The number of ketones is 1. The van der Waals surface area contributed by atoms with Crippen molar-refractivity contribution in [2.75, 3.05) is 6.54 Å². The summed E-state index contributed by atoms with van der Waals surface area (Å²) < 4.78 is 15.5. The average Bonchev–Trinajstić information content (AvgIpc) is 2.61. The standard InChI is InChI=1S/C25H43N3O8/c1-16(11-12-19(30)34-23(2,3)4)27-20(31)18(28-22(33)36-25(8,9)10)15-17(29)13-14-26-21(32)35-24(5,6)7/h11-12,16,18H,13-15H2,1-10H3,(H,26,32)(H,27,31)(H,28,33)/b12-11+/t16-,18?/m0/s1. The van der Waals surface area contributed by atoms with Crippen LogP contribution in [0.5, 0.6) is 0 Å². The molecule has 0 aliphatic heterocycles. The Balaban J connectivity index is 5.13. The molecule has 0 saturated carbocycles. The van der Waals surface area contributed by atoms with Crippen LogP contribution in [-0.2, 0) is 28.6 Å². The van der Waals surface area contributed by atoms with Gasteiger partial charge in [-0.2, -0.15) is 0 Å². The number of carbonyl (C=O) groups is 5. The molecule has 11 nitrogen and oxygen atoms in total. The lowest BCUT2D eigenvalue weighted by Crippen LogP contribution is -2.50. The van der Waals surface area contributed by atoms with Crippen molar-refractivity contribution in [2.45, 2.75) is 111 Å². The molecule has 3 N–H and O–H groups in total. The van der Waals surface area contributed by atoms with Crippen LogP contribution in [-0.4, -0.2) is 65.3 Å². The molecule has 3 amide bonds. The van der Waals surface area contributed by atoms with Gasteiger partial charge < -0.3 is 30.2 Å². The second-order valence-corrected chi connectivity index (χ2v) is 11.3. The second kappa shape index (κ2) is 13.8. The monoisotopic (exact) mass is 513 g/mol. The molecule has 0 aromatic heterocycles. The normalized spacial score (nSPS) is 13.8. The minimum atomic E-state index is -1.23. The Morgan fingerprint density at radius 3 is 1.75 bits per heavy atom. The first-order valence-electron chi connectivity index (χ1n) is 11.9. The maximum atomic E-state index is 12.8. The molecule has 0 aliphatic rings. The summed E-state index contributed by atoms with van der Waals surface area (Å²) >= 11 is 0. The van der Waals surface area contributed by atoms with Crippen molar-refractivity contribution in [2.24, 2.45) is 0 Å². The molecular weight excluding hydrogens is 470 g/mol. The summed E-state index contributed by atoms with van der Waals surface area (Å²) in [7, 11) is 0. The number of nitrogens with one attached hydrogen (secondary N) is 3. The number of ether oxygens (including phenoxy) is 3. The van der Waals surface area contributed by atoms with E-state index in [-0.39, 0.29) is 25.2 Å². The fraction of sp³-hybridized carbons (Fsp3) is 0.720. The summed E-state index contributed by atoms with van der Waals surface area (Å²) in [6.07, 6.45) is 0.695. The van der Waals surface area contributed by atoms with Crippen LogP contribution in [0.2, 0.25) is 0 Å². The minimum absolute atomic E-state index is 0.00352. The molecule has 0 aromatic rings. The van der Waals surface area contributed by atoms with Gasteiger partial charge in [0, 0.05) is 31.5 Å². The fourth-order valence-electron chi connectivity index (χ4n) is 2.54. The summed E-state index contributed by atoms with van der Waals surface area (Å²) in [5, 5.41) is 7.51. The Kier molecular flexibility index (Phi) is 12.6. The summed E-state index contributed by atoms with van der Waals surface area (Å²) in [6, 6.07) is -1.83. The molecule has 0 radical (unpaired) electrons. The van der Waals surface area contributed by atoms with Crippen LogP contribution in [0.4, 0.5) is 9.59 Å². The zero-order valence-corrected chi connectivity index (χ0v) is 23.2. The van der Waals surface area contributed by atoms with Gasteiger partial charge in [0.15, 0.2) is 0 Å². The molecule has 1 unspecified atom stereocenters. The van der Waals surface area contributed by atoms with Gasteiger partial charge in [-0.25, -0.2) is 14.4 Å². The third-order valence-electron chi connectivity index (χ3n) is 3.81. The number of hydrogen-bond donors (Lipinski definition) is 3. The number of rotatable bonds is 10. The van der Waals surface area contributed by atoms with Gasteiger partial charge in [0.25, 0.3) is 0 Å². The van der Waals surface area contributed by atoms with Crippen LogP contribution in [0.15, 0.2) is 12.2 Å². The Hall–Kier alpha value is -3.11. The summed E-state index contributed by atoms with van der Waals surface area (Å²) in [5.74, 6) is -1.59. The van der Waals surface area contributed by atoms with Gasteiger partial charge in [0.1, 0.15) is 28.6 Å². The highest BCUT2D eigenvalue weighted by Gasteiger charge is 2.27. The van der Waals surface area contributed by atoms with E-state index in [4.69, 9.17) is 14.2 Å². The van der Waals surface area contributed by atoms with Crippen LogP contribution in [0.1, 0.15) is 82.1 Å². The highest BCUT2D eigenvalue weighted by Crippen LogP contribution is 2.09. The smallest absolute Gasteiger partial charge is 0.408 e. The van der Waals surface area contributed by atoms with Gasteiger partial charge in [-0.1, -0.05) is 6.08 Å². The molecule has 0 saturated heterocycles. The first-order valence-corrected chi connectivity index (χ1v) is 11.9. The second-order valence-electron chi connectivity index (χ2n) is 11.3. The maximum absolute atomic E-state index is 12.8. The Bertz CT molecular complexity index is 817. The lowest BCUT2D eigenvalue weighted by molar-refractivity contribution is -0.148. The largest absolute Gasteiger partial charge is 0.457 e. The summed E-state index contributed by atoms with van der Waals surface area (Å²) in [5.41, 5.74) is -2.14. The first kappa shape index (κ1) is 32.9. The van der Waals surface area contributed by atoms with Crippen LogP contribution in [0.3, 0.4) is 0 Å². The van der Waals surface area contributed by atoms with Crippen LogP contribution in [0.25, 0.3) is 0 Å². The van der Waals surface area contributed by atoms with E-state index >= 15 is 0 Å². The molecule has 36 heavy (non-hydrogen) atoms. The quantitative estimate of drug-likeness (QED) is 0.229. The number of amides is 3. The topological polar surface area (TPSA) is 149 Å². The van der Waals surface area contributed by atoms with E-state index < -0.39 is 52.9 Å². The number of esters is 1. The van der Waals surface area contributed by atoms with Crippen molar-refractivity contribution in [3.8, 4) is 0 Å². The molecular formula is C25H43N3O8. The Morgan fingerprint density at radius 1 is 0.750 bits per heavy atom. The molecule has 0 heterocycles. The van der Waals surface area contributed by atoms with E-state index in [9.17, 15) is 24.0 Å². The lowest BCUT2D eigenvalue weighted by atomic mass is 10.1. The van der Waals surface area contributed by atoms with Gasteiger partial charge in [0.05, 0.1) is 0 Å². The lowest BCUT2D eigenvalue weighted by Gasteiger charge is -2.24. The Morgan fingerprint density at radius 2 is 1.25 bits per heavy atom. The zero-order valence-electron chi connectivity index (χ0n) is 23.2. The predicted molar refractivity (Wildman–Crippen MR) is 134 cm³/mol. The molecule has 206 valence electrons. The number of Topliss-reactive ketones (excluding diaryl/α,β-unsaturated/α-hetero) is 1. The van der Waals surface area contributed by atoms with E-state index in [0.29, 0.717) is 0 Å². The van der Waals surface area contributed by atoms with Gasteiger partial charge in [0.2, 0.25) is 5.91 Å². The van der Waals surface area contributed by atoms with Crippen LogP contribution in [0, 0.1) is 0 Å². The molecule has 0 aromatic carbocycles. The first-order chi connectivity index (χ1) is 16.2. The minimum Gasteiger partial charge on any atom is -0.457 e. The van der Waals surface area contributed by atoms with Crippen molar-refractivity contribution < 1.29 is 38.2 Å². The molecule has 0 bridgehead atoms. The van der Waals surface area contributed by atoms with Crippen molar-refractivity contribution >= 4 is 29.8 Å². The number of carbonyl (C=O) groups excluding carboxylic acids is 5. The summed E-state index contributed by atoms with van der Waals surface area (Å²) in [4.78, 5) is 61.2. The highest BCUT2D eigenvalue weighted by molar-refractivity contribution is 5.92. The molecule has 0 aliphatic carbocycles. The summed E-state index contributed by atoms with van der Waals surface area (Å²) in [6.45, 7) is 17.0. The molecule has 11 heteroatoms. The Labute approximate surface area is 214 Å². The van der Waals surface area contributed by atoms with Gasteiger partial charge in [-0.3, -0.25) is 9.59 Å². The molecule has 0 fully saturated rings. The van der Waals surface area contributed by atoms with Crippen molar-refractivity contribution in [1.82, 2.24) is 16.0 Å². The van der Waals surface area contributed by atoms with E-state index in [1.807, 2.05) is 0 Å². The fourth-order valence-corrected chi connectivity index (χ4v) is 2.54. The SMILES string of the molecule is C[C@@H](/C=C/C(=O)OC(C)(C)C)NC(=O)C(CC(=O)CCNC(=O)OC(C)(C)C)NC(=O)OC(C)(C)C.